The van der Waals surface area contributed by atoms with Crippen LogP contribution in [-0.2, 0) is 13.0 Å². The normalized spacial score (nSPS) is 11.7. The molecule has 33 heavy (non-hydrogen) atoms. The Morgan fingerprint density at radius 1 is 0.939 bits per heavy atom. The summed E-state index contributed by atoms with van der Waals surface area (Å²) in [5, 5.41) is 7.47. The van der Waals surface area contributed by atoms with Crippen molar-refractivity contribution in [3.05, 3.63) is 99.3 Å². The van der Waals surface area contributed by atoms with E-state index in [1.165, 1.54) is 0 Å². The van der Waals surface area contributed by atoms with Gasteiger partial charge in [-0.15, -0.1) is 0 Å². The maximum Gasteiger partial charge on any atom is 0.261 e. The molecular weight excluding hydrogens is 457 g/mol. The van der Waals surface area contributed by atoms with E-state index in [0.717, 1.165) is 33.1 Å². The van der Waals surface area contributed by atoms with Gasteiger partial charge in [0.2, 0.25) is 0 Å². The molecule has 0 saturated carbocycles. The number of fused-ring (bicyclic) bond motifs is 4. The maximum atomic E-state index is 13.2. The molecule has 0 bridgehead atoms. The Labute approximate surface area is 198 Å². The number of pyridine rings is 1. The molecule has 0 radical (unpaired) electrons. The van der Waals surface area contributed by atoms with Crippen LogP contribution < -0.4 is 5.56 Å². The molecule has 2 aromatic carbocycles. The Kier molecular flexibility index (Phi) is 4.71. The van der Waals surface area contributed by atoms with Crippen molar-refractivity contribution < 1.29 is 0 Å². The smallest absolute Gasteiger partial charge is 0.261 e. The minimum Gasteiger partial charge on any atom is -0.361 e. The molecule has 0 unspecified atom stereocenters. The van der Waals surface area contributed by atoms with Gasteiger partial charge in [-0.05, 0) is 53.9 Å². The van der Waals surface area contributed by atoms with Crippen LogP contribution in [0.2, 0.25) is 10.0 Å². The molecule has 4 heterocycles. The summed E-state index contributed by atoms with van der Waals surface area (Å²) in [7, 11) is 0. The molecular formula is C25H17Cl2N5O. The maximum absolute atomic E-state index is 13.2. The Bertz CT molecular complexity index is 1710. The fourth-order valence-corrected chi connectivity index (χ4v) is 4.56. The van der Waals surface area contributed by atoms with Crippen molar-refractivity contribution in [2.45, 2.75) is 13.0 Å². The van der Waals surface area contributed by atoms with E-state index < -0.39 is 0 Å². The molecule has 0 aliphatic carbocycles. The quantitative estimate of drug-likeness (QED) is 0.354. The first-order valence-corrected chi connectivity index (χ1v) is 11.2. The Hall–Kier alpha value is -3.61. The van der Waals surface area contributed by atoms with Gasteiger partial charge >= 0.3 is 0 Å². The summed E-state index contributed by atoms with van der Waals surface area (Å²) >= 11 is 12.2. The van der Waals surface area contributed by atoms with E-state index in [9.17, 15) is 4.79 Å². The molecule has 0 aliphatic heterocycles. The third kappa shape index (κ3) is 3.39. The minimum atomic E-state index is -0.0942. The topological polar surface area (TPSA) is 68.0 Å². The summed E-state index contributed by atoms with van der Waals surface area (Å²) in [6, 6.07) is 15.2. The minimum absolute atomic E-state index is 0.0942. The van der Waals surface area contributed by atoms with E-state index in [0.29, 0.717) is 34.0 Å². The second kappa shape index (κ2) is 7.76. The number of nitrogens with zero attached hydrogens (tertiary/aromatic N) is 4. The van der Waals surface area contributed by atoms with E-state index in [1.54, 1.807) is 21.5 Å². The van der Waals surface area contributed by atoms with Gasteiger partial charge < -0.3 is 9.55 Å². The molecule has 4 aromatic heterocycles. The van der Waals surface area contributed by atoms with Gasteiger partial charge in [0.1, 0.15) is 0 Å². The molecule has 0 fully saturated rings. The lowest BCUT2D eigenvalue weighted by Crippen LogP contribution is -2.21. The number of nitrogens with one attached hydrogen (secondary N) is 1. The van der Waals surface area contributed by atoms with E-state index in [1.807, 2.05) is 60.9 Å². The van der Waals surface area contributed by atoms with E-state index >= 15 is 0 Å². The number of H-pyrrole nitrogens is 1. The highest BCUT2D eigenvalue weighted by atomic mass is 35.5. The zero-order chi connectivity index (χ0) is 22.5. The number of aromatic amines is 1. The van der Waals surface area contributed by atoms with Gasteiger partial charge in [0, 0.05) is 51.6 Å². The van der Waals surface area contributed by atoms with Gasteiger partial charge in [-0.2, -0.15) is 5.10 Å². The van der Waals surface area contributed by atoms with Crippen LogP contribution in [0.1, 0.15) is 5.56 Å². The van der Waals surface area contributed by atoms with Gasteiger partial charge in [0.05, 0.1) is 17.1 Å². The van der Waals surface area contributed by atoms with Crippen molar-refractivity contribution in [1.29, 1.82) is 0 Å². The lowest BCUT2D eigenvalue weighted by Gasteiger charge is -2.08. The molecule has 6 rings (SSSR count). The molecule has 0 spiro atoms. The highest BCUT2D eigenvalue weighted by Gasteiger charge is 2.13. The summed E-state index contributed by atoms with van der Waals surface area (Å²) < 4.78 is 3.43. The number of rotatable bonds is 4. The number of aromatic nitrogens is 5. The Morgan fingerprint density at radius 2 is 1.76 bits per heavy atom. The van der Waals surface area contributed by atoms with Crippen molar-refractivity contribution in [2.75, 3.05) is 0 Å². The number of benzene rings is 2. The van der Waals surface area contributed by atoms with Crippen LogP contribution in [0.3, 0.4) is 0 Å². The lowest BCUT2D eigenvalue weighted by atomic mass is 10.1. The van der Waals surface area contributed by atoms with Crippen LogP contribution in [-0.4, -0.2) is 24.1 Å². The SMILES string of the molecule is O=c1c2cnc3c(-c4ccc(Cl)cc4)cnn3c2ccn1CCc1c[nH]c2ccc(Cl)cc12. The number of aryl methyl sites for hydroxylation is 2. The van der Waals surface area contributed by atoms with E-state index in [4.69, 9.17) is 23.2 Å². The summed E-state index contributed by atoms with van der Waals surface area (Å²) in [6.45, 7) is 0.543. The van der Waals surface area contributed by atoms with Crippen molar-refractivity contribution in [2.24, 2.45) is 0 Å². The van der Waals surface area contributed by atoms with Crippen molar-refractivity contribution in [3.8, 4) is 11.1 Å². The molecule has 0 amide bonds. The summed E-state index contributed by atoms with van der Waals surface area (Å²) in [4.78, 5) is 21.0. The summed E-state index contributed by atoms with van der Waals surface area (Å²) in [5.41, 5.74) is 5.32. The van der Waals surface area contributed by atoms with Crippen LogP contribution in [0.4, 0.5) is 0 Å². The third-order valence-electron chi connectivity index (χ3n) is 5.97. The summed E-state index contributed by atoms with van der Waals surface area (Å²) in [5.74, 6) is 0. The fraction of sp³-hybridized carbons (Fsp3) is 0.0800. The largest absolute Gasteiger partial charge is 0.361 e. The monoisotopic (exact) mass is 473 g/mol. The summed E-state index contributed by atoms with van der Waals surface area (Å²) in [6.07, 6.45) is 7.88. The van der Waals surface area contributed by atoms with Crippen LogP contribution in [0.15, 0.2) is 78.1 Å². The molecule has 0 aliphatic rings. The second-order valence-electron chi connectivity index (χ2n) is 7.93. The van der Waals surface area contributed by atoms with Gasteiger partial charge in [0.25, 0.3) is 5.56 Å². The lowest BCUT2D eigenvalue weighted by molar-refractivity contribution is 0.676. The molecule has 0 saturated heterocycles. The Balaban J connectivity index is 1.37. The molecule has 0 atom stereocenters. The van der Waals surface area contributed by atoms with Gasteiger partial charge in [-0.1, -0.05) is 35.3 Å². The first-order valence-electron chi connectivity index (χ1n) is 10.5. The zero-order valence-electron chi connectivity index (χ0n) is 17.3. The molecule has 1 N–H and O–H groups in total. The Morgan fingerprint density at radius 3 is 2.61 bits per heavy atom. The molecule has 162 valence electrons. The zero-order valence-corrected chi connectivity index (χ0v) is 18.8. The average molecular weight is 474 g/mol. The number of hydrogen-bond acceptors (Lipinski definition) is 3. The molecule has 6 aromatic rings. The van der Waals surface area contributed by atoms with Crippen LogP contribution in [0, 0.1) is 0 Å². The highest BCUT2D eigenvalue weighted by molar-refractivity contribution is 6.31. The van der Waals surface area contributed by atoms with Crippen molar-refractivity contribution in [3.63, 3.8) is 0 Å². The van der Waals surface area contributed by atoms with E-state index in [-0.39, 0.29) is 5.56 Å². The first kappa shape index (κ1) is 20.0. The van der Waals surface area contributed by atoms with Crippen molar-refractivity contribution in [1.82, 2.24) is 24.1 Å². The third-order valence-corrected chi connectivity index (χ3v) is 6.46. The molecule has 6 nitrogen and oxygen atoms in total. The molecule has 8 heteroatoms. The average Bonchev–Trinajstić information content (AvgIpc) is 3.43. The van der Waals surface area contributed by atoms with Crippen molar-refractivity contribution >= 4 is 50.7 Å². The van der Waals surface area contributed by atoms with Crippen LogP contribution >= 0.6 is 23.2 Å². The predicted molar refractivity (Wildman–Crippen MR) is 132 cm³/mol. The first-order chi connectivity index (χ1) is 16.1. The standard InChI is InChI=1S/C25H17Cl2N5O/c26-17-3-1-15(2-4-17)20-14-30-32-23-8-10-31(25(33)21(23)13-29-24(20)32)9-7-16-12-28-22-6-5-18(27)11-19(16)22/h1-6,8,10-14,28H,7,9H2. The second-order valence-corrected chi connectivity index (χ2v) is 8.80. The highest BCUT2D eigenvalue weighted by Crippen LogP contribution is 2.26. The fourth-order valence-electron chi connectivity index (χ4n) is 4.26. The van der Waals surface area contributed by atoms with Crippen LogP contribution in [0.25, 0.3) is 38.6 Å². The van der Waals surface area contributed by atoms with Crippen LogP contribution in [0.5, 0.6) is 0 Å². The van der Waals surface area contributed by atoms with Gasteiger partial charge in [0.15, 0.2) is 5.65 Å². The number of halogens is 2. The van der Waals surface area contributed by atoms with Gasteiger partial charge in [-0.25, -0.2) is 9.50 Å². The van der Waals surface area contributed by atoms with E-state index in [2.05, 4.69) is 15.1 Å². The number of hydrogen-bond donors (Lipinski definition) is 1. The van der Waals surface area contributed by atoms with Gasteiger partial charge in [-0.3, -0.25) is 4.79 Å². The predicted octanol–water partition coefficient (Wildman–Crippen LogP) is 5.74.